The average molecular weight is 399 g/mol. The van der Waals surface area contributed by atoms with Crippen molar-refractivity contribution in [3.05, 3.63) is 62.7 Å². The molecule has 1 amide bonds. The van der Waals surface area contributed by atoms with Crippen molar-refractivity contribution in [2.45, 2.75) is 0 Å². The lowest BCUT2D eigenvalue weighted by Gasteiger charge is -2.08. The molecular weight excluding hydrogens is 390 g/mol. The third-order valence-corrected chi connectivity index (χ3v) is 5.31. The zero-order chi connectivity index (χ0) is 19.0. The maximum Gasteiger partial charge on any atom is 0.273 e. The number of amidine groups is 1. The van der Waals surface area contributed by atoms with Crippen LogP contribution >= 0.6 is 23.1 Å². The van der Waals surface area contributed by atoms with E-state index in [0.29, 0.717) is 26.9 Å². The largest absolute Gasteiger partial charge is 0.363 e. The first kappa shape index (κ1) is 17.1. The molecule has 0 bridgehead atoms. The monoisotopic (exact) mass is 399 g/mol. The third-order valence-electron chi connectivity index (χ3n) is 3.67. The zero-order valence-corrected chi connectivity index (χ0v) is 15.0. The Morgan fingerprint density at radius 3 is 2.74 bits per heavy atom. The van der Waals surface area contributed by atoms with Gasteiger partial charge in [-0.15, -0.1) is 11.3 Å². The number of amides is 1. The van der Waals surface area contributed by atoms with Gasteiger partial charge in [-0.05, 0) is 30.0 Å². The van der Waals surface area contributed by atoms with Gasteiger partial charge in [-0.2, -0.15) is 0 Å². The molecule has 0 radical (unpaired) electrons. The number of carbonyl (C=O) groups is 1. The van der Waals surface area contributed by atoms with Crippen LogP contribution in [0.25, 0.3) is 17.3 Å². The lowest BCUT2D eigenvalue weighted by Crippen LogP contribution is -2.27. The Morgan fingerprint density at radius 2 is 2.07 bits per heavy atom. The smallest absolute Gasteiger partial charge is 0.273 e. The van der Waals surface area contributed by atoms with Gasteiger partial charge in [0, 0.05) is 34.8 Å². The van der Waals surface area contributed by atoms with Crippen LogP contribution in [0.5, 0.6) is 0 Å². The second-order valence-electron chi connectivity index (χ2n) is 5.29. The summed E-state index contributed by atoms with van der Waals surface area (Å²) < 4.78 is 5.02. The molecule has 1 aliphatic heterocycles. The van der Waals surface area contributed by atoms with E-state index in [1.165, 1.54) is 34.6 Å². The average Bonchev–Trinajstić information content (AvgIpc) is 3.37. The summed E-state index contributed by atoms with van der Waals surface area (Å²) >= 11 is 2.29. The van der Waals surface area contributed by atoms with E-state index in [0.717, 1.165) is 11.8 Å². The number of benzene rings is 1. The van der Waals surface area contributed by atoms with Crippen molar-refractivity contribution >= 4 is 51.1 Å². The lowest BCUT2D eigenvalue weighted by molar-refractivity contribution is -0.384. The predicted molar refractivity (Wildman–Crippen MR) is 101 cm³/mol. The van der Waals surface area contributed by atoms with Crippen LogP contribution in [-0.4, -0.2) is 26.1 Å². The van der Waals surface area contributed by atoms with Crippen LogP contribution in [0.15, 0.2) is 51.5 Å². The van der Waals surface area contributed by atoms with Crippen molar-refractivity contribution in [2.24, 2.45) is 0 Å². The molecule has 1 aromatic carbocycles. The Labute approximate surface area is 160 Å². The van der Waals surface area contributed by atoms with E-state index in [9.17, 15) is 14.9 Å². The number of aromatic nitrogens is 2. The molecule has 11 heteroatoms. The molecule has 0 saturated carbocycles. The molecule has 0 spiro atoms. The number of rotatable bonds is 4. The fourth-order valence-corrected chi connectivity index (χ4v) is 3.97. The predicted octanol–water partition coefficient (Wildman–Crippen LogP) is 3.76. The summed E-state index contributed by atoms with van der Waals surface area (Å²) in [4.78, 5) is 28.6. The van der Waals surface area contributed by atoms with Gasteiger partial charge >= 0.3 is 0 Å². The number of anilines is 1. The number of nitrogens with zero attached hydrogens (tertiary/aromatic N) is 4. The third kappa shape index (κ3) is 3.13. The van der Waals surface area contributed by atoms with Gasteiger partial charge < -0.3 is 4.52 Å². The number of hydrogen-bond acceptors (Lipinski definition) is 9. The van der Waals surface area contributed by atoms with Gasteiger partial charge in [0.25, 0.3) is 11.6 Å². The van der Waals surface area contributed by atoms with Gasteiger partial charge in [0.1, 0.15) is 12.0 Å². The minimum atomic E-state index is -0.484. The number of nitrogens with one attached hydrogen (secondary N) is 1. The van der Waals surface area contributed by atoms with Gasteiger partial charge in [-0.1, -0.05) is 5.16 Å². The molecule has 0 unspecified atom stereocenters. The SMILES string of the molecule is N=C1S/C(=C\c2conc2-c2ccc([N+](=O)[O-])cc2)C(=O)N1c1nccs1. The first-order chi connectivity index (χ1) is 13.0. The highest BCUT2D eigenvalue weighted by Gasteiger charge is 2.35. The van der Waals surface area contributed by atoms with Gasteiger partial charge in [-0.3, -0.25) is 20.3 Å². The van der Waals surface area contributed by atoms with Crippen molar-refractivity contribution in [1.82, 2.24) is 10.1 Å². The van der Waals surface area contributed by atoms with Gasteiger partial charge in [-0.25, -0.2) is 9.88 Å². The lowest BCUT2D eigenvalue weighted by atomic mass is 10.1. The quantitative estimate of drug-likeness (QED) is 0.402. The Bertz CT molecular complexity index is 1070. The number of nitro groups is 1. The van der Waals surface area contributed by atoms with E-state index >= 15 is 0 Å². The van der Waals surface area contributed by atoms with Crippen LogP contribution in [0.4, 0.5) is 10.8 Å². The molecule has 27 heavy (non-hydrogen) atoms. The molecule has 2 aromatic heterocycles. The molecular formula is C16H9N5O4S2. The van der Waals surface area contributed by atoms with Crippen LogP contribution in [0.1, 0.15) is 5.56 Å². The number of hydrogen-bond donors (Lipinski definition) is 1. The summed E-state index contributed by atoms with van der Waals surface area (Å²) in [6, 6.07) is 5.86. The highest BCUT2D eigenvalue weighted by atomic mass is 32.2. The first-order valence-corrected chi connectivity index (χ1v) is 9.15. The fourth-order valence-electron chi connectivity index (χ4n) is 2.44. The van der Waals surface area contributed by atoms with Crippen molar-refractivity contribution in [3.8, 4) is 11.3 Å². The maximum atomic E-state index is 12.6. The van der Waals surface area contributed by atoms with Crippen LogP contribution < -0.4 is 4.90 Å². The van der Waals surface area contributed by atoms with E-state index in [-0.39, 0.29) is 16.8 Å². The van der Waals surface area contributed by atoms with Crippen LogP contribution in [0.3, 0.4) is 0 Å². The molecule has 1 N–H and O–H groups in total. The molecule has 0 atom stereocenters. The summed E-state index contributed by atoms with van der Waals surface area (Å²) in [7, 11) is 0. The van der Waals surface area contributed by atoms with E-state index in [1.807, 2.05) is 0 Å². The number of thiazole rings is 1. The second-order valence-corrected chi connectivity index (χ2v) is 7.20. The summed E-state index contributed by atoms with van der Waals surface area (Å²) in [5, 5.41) is 25.0. The van der Waals surface area contributed by atoms with Crippen LogP contribution in [0.2, 0.25) is 0 Å². The molecule has 1 aliphatic rings. The number of non-ortho nitro benzene ring substituents is 1. The minimum absolute atomic E-state index is 0.0313. The van der Waals surface area contributed by atoms with Crippen LogP contribution in [0, 0.1) is 15.5 Å². The minimum Gasteiger partial charge on any atom is -0.363 e. The Hall–Kier alpha value is -3.31. The summed E-state index contributed by atoms with van der Waals surface area (Å²) in [6.45, 7) is 0. The normalized spacial score (nSPS) is 15.7. The molecule has 1 fully saturated rings. The number of carbonyl (C=O) groups excluding carboxylic acids is 1. The van der Waals surface area contributed by atoms with E-state index in [1.54, 1.807) is 29.8 Å². The van der Waals surface area contributed by atoms with Gasteiger partial charge in [0.15, 0.2) is 10.3 Å². The first-order valence-electron chi connectivity index (χ1n) is 7.46. The van der Waals surface area contributed by atoms with Crippen molar-refractivity contribution in [2.75, 3.05) is 4.90 Å². The molecule has 1 saturated heterocycles. The van der Waals surface area contributed by atoms with E-state index < -0.39 is 4.92 Å². The summed E-state index contributed by atoms with van der Waals surface area (Å²) in [6.07, 6.45) is 4.54. The topological polar surface area (TPSA) is 126 Å². The van der Waals surface area contributed by atoms with Gasteiger partial charge in [0.2, 0.25) is 0 Å². The molecule has 3 aromatic rings. The van der Waals surface area contributed by atoms with E-state index in [2.05, 4.69) is 10.1 Å². The fraction of sp³-hybridized carbons (Fsp3) is 0. The Morgan fingerprint density at radius 1 is 1.30 bits per heavy atom. The number of nitro benzene ring substituents is 1. The molecule has 3 heterocycles. The Kier molecular flexibility index (Phi) is 4.30. The van der Waals surface area contributed by atoms with Crippen molar-refractivity contribution < 1.29 is 14.2 Å². The zero-order valence-electron chi connectivity index (χ0n) is 13.4. The molecule has 134 valence electrons. The second kappa shape index (κ2) is 6.78. The molecule has 9 nitrogen and oxygen atoms in total. The van der Waals surface area contributed by atoms with Crippen molar-refractivity contribution in [1.29, 1.82) is 5.41 Å². The maximum absolute atomic E-state index is 12.6. The van der Waals surface area contributed by atoms with Crippen molar-refractivity contribution in [3.63, 3.8) is 0 Å². The Balaban J connectivity index is 1.66. The van der Waals surface area contributed by atoms with E-state index in [4.69, 9.17) is 9.93 Å². The summed E-state index contributed by atoms with van der Waals surface area (Å²) in [5.41, 5.74) is 1.57. The molecule has 4 rings (SSSR count). The van der Waals surface area contributed by atoms with Crippen LogP contribution in [-0.2, 0) is 4.79 Å². The highest BCUT2D eigenvalue weighted by Crippen LogP contribution is 2.37. The standard InChI is InChI=1S/C16H9N5O4S2/c17-15-20(16-18-5-6-26-16)14(22)12(27-15)7-10-8-25-19-13(10)9-1-3-11(4-2-9)21(23)24/h1-8,17H/b12-7-,17-15?. The number of thioether (sulfide) groups is 1. The molecule has 0 aliphatic carbocycles. The van der Waals surface area contributed by atoms with Gasteiger partial charge in [0.05, 0.1) is 9.83 Å². The summed E-state index contributed by atoms with van der Waals surface area (Å²) in [5.74, 6) is -0.351. The highest BCUT2D eigenvalue weighted by molar-refractivity contribution is 8.19.